The second-order valence-corrected chi connectivity index (χ2v) is 10.5. The van der Waals surface area contributed by atoms with Gasteiger partial charge in [0, 0.05) is 16.8 Å². The van der Waals surface area contributed by atoms with Crippen LogP contribution in [0.2, 0.25) is 0 Å². The summed E-state index contributed by atoms with van der Waals surface area (Å²) in [5, 5.41) is 2.42. The van der Waals surface area contributed by atoms with Crippen molar-refractivity contribution in [3.05, 3.63) is 192 Å². The lowest BCUT2D eigenvalue weighted by molar-refractivity contribution is 0.768. The molecule has 0 saturated carbocycles. The minimum absolute atomic E-state index is 0.404. The second-order valence-electron chi connectivity index (χ2n) is 10.5. The maximum Gasteiger partial charge on any atom is 0.0713 e. The molecule has 6 aromatic rings. The highest BCUT2D eigenvalue weighted by Crippen LogP contribution is 2.57. The molecule has 0 aromatic heterocycles. The van der Waals surface area contributed by atoms with Gasteiger partial charge in [-0.15, -0.1) is 0 Å². The van der Waals surface area contributed by atoms with Crippen LogP contribution in [0.25, 0.3) is 21.9 Å². The third-order valence-corrected chi connectivity index (χ3v) is 8.47. The van der Waals surface area contributed by atoms with Crippen molar-refractivity contribution in [3.8, 4) is 11.1 Å². The van der Waals surface area contributed by atoms with Gasteiger partial charge in [-0.2, -0.15) is 0 Å². The topological polar surface area (TPSA) is 3.24 Å². The van der Waals surface area contributed by atoms with Gasteiger partial charge in [0.2, 0.25) is 0 Å². The smallest absolute Gasteiger partial charge is 0.0713 e. The molecule has 1 heteroatoms. The van der Waals surface area contributed by atoms with E-state index in [-0.39, 0.29) is 0 Å². The van der Waals surface area contributed by atoms with Crippen LogP contribution in [-0.4, -0.2) is 0 Å². The average Bonchev–Trinajstić information content (AvgIpc) is 3.35. The van der Waals surface area contributed by atoms with Crippen molar-refractivity contribution in [1.82, 2.24) is 0 Å². The first-order chi connectivity index (χ1) is 20.3. The summed E-state index contributed by atoms with van der Waals surface area (Å²) in [6.07, 6.45) is 4.08. The molecule has 0 fully saturated rings. The van der Waals surface area contributed by atoms with Crippen molar-refractivity contribution in [2.24, 2.45) is 0 Å². The summed E-state index contributed by atoms with van der Waals surface area (Å²) in [6.45, 7) is 6.26. The number of allylic oxidation sites excluding steroid dienone is 2. The van der Waals surface area contributed by atoms with E-state index in [1.54, 1.807) is 0 Å². The van der Waals surface area contributed by atoms with Crippen LogP contribution in [0.3, 0.4) is 0 Å². The zero-order valence-corrected chi connectivity index (χ0v) is 23.2. The third-order valence-electron chi connectivity index (χ3n) is 8.47. The van der Waals surface area contributed by atoms with Gasteiger partial charge in [0.05, 0.1) is 11.1 Å². The number of anilines is 2. The Hall–Kier alpha value is -5.14. The fraction of sp³-hybridized carbons (Fsp3) is 0.0500. The first-order valence-electron chi connectivity index (χ1n) is 14.2. The highest BCUT2D eigenvalue weighted by atomic mass is 15.1. The molecule has 0 unspecified atom stereocenters. The predicted molar refractivity (Wildman–Crippen MR) is 174 cm³/mol. The molecule has 1 aliphatic rings. The number of fused-ring (bicyclic) bond motifs is 4. The zero-order valence-electron chi connectivity index (χ0n) is 23.2. The first kappa shape index (κ1) is 24.9. The van der Waals surface area contributed by atoms with E-state index in [1.165, 1.54) is 44.2 Å². The first-order valence-corrected chi connectivity index (χ1v) is 14.2. The van der Waals surface area contributed by atoms with Crippen LogP contribution in [0.1, 0.15) is 29.2 Å². The summed E-state index contributed by atoms with van der Waals surface area (Å²) in [7, 11) is 0. The van der Waals surface area contributed by atoms with Gasteiger partial charge in [-0.05, 0) is 70.0 Å². The third kappa shape index (κ3) is 3.77. The Bertz CT molecular complexity index is 1870. The lowest BCUT2D eigenvalue weighted by Crippen LogP contribution is -2.28. The molecule has 196 valence electrons. The van der Waals surface area contributed by atoms with E-state index >= 15 is 0 Å². The monoisotopic (exact) mass is 525 g/mol. The molecular formula is C40H31N. The van der Waals surface area contributed by atoms with Gasteiger partial charge in [0.1, 0.15) is 0 Å². The average molecular weight is 526 g/mol. The van der Waals surface area contributed by atoms with Crippen LogP contribution in [-0.2, 0) is 5.41 Å². The van der Waals surface area contributed by atoms with Crippen LogP contribution in [0.5, 0.6) is 0 Å². The number of hydrogen-bond acceptors (Lipinski definition) is 1. The maximum atomic E-state index is 4.18. The van der Waals surface area contributed by atoms with Crippen molar-refractivity contribution < 1.29 is 0 Å². The van der Waals surface area contributed by atoms with Gasteiger partial charge < -0.3 is 4.90 Å². The fourth-order valence-electron chi connectivity index (χ4n) is 6.74. The van der Waals surface area contributed by atoms with Crippen molar-refractivity contribution in [2.75, 3.05) is 4.90 Å². The van der Waals surface area contributed by atoms with E-state index < -0.39 is 5.41 Å². The number of rotatable bonds is 6. The molecule has 0 N–H and O–H groups in total. The molecule has 0 spiro atoms. The Kier molecular flexibility index (Phi) is 6.14. The van der Waals surface area contributed by atoms with E-state index in [2.05, 4.69) is 170 Å². The summed E-state index contributed by atoms with van der Waals surface area (Å²) in [5.74, 6) is 0. The zero-order chi connectivity index (χ0) is 27.8. The molecule has 0 aliphatic heterocycles. The largest absolute Gasteiger partial charge is 0.310 e. The molecule has 0 atom stereocenters. The van der Waals surface area contributed by atoms with E-state index in [0.29, 0.717) is 0 Å². The Morgan fingerprint density at radius 2 is 1.22 bits per heavy atom. The van der Waals surface area contributed by atoms with Crippen LogP contribution in [0.4, 0.5) is 11.4 Å². The van der Waals surface area contributed by atoms with Crippen molar-refractivity contribution >= 4 is 22.1 Å². The lowest BCUT2D eigenvalue weighted by atomic mass is 9.68. The molecule has 0 saturated heterocycles. The number of benzene rings is 6. The van der Waals surface area contributed by atoms with Gasteiger partial charge in [0.25, 0.3) is 0 Å². The molecule has 1 nitrogen and oxygen atoms in total. The minimum Gasteiger partial charge on any atom is -0.310 e. The SMILES string of the molecule is C=C/C(=C\C)N(c1ccc2c(c1)-c1ccccc1C2(c1ccccc1)c1ccccc1)c1cccc2ccccc12. The highest BCUT2D eigenvalue weighted by Gasteiger charge is 2.46. The normalized spacial score (nSPS) is 13.4. The van der Waals surface area contributed by atoms with Gasteiger partial charge in [-0.1, -0.05) is 140 Å². The Morgan fingerprint density at radius 1 is 0.610 bits per heavy atom. The fourth-order valence-corrected chi connectivity index (χ4v) is 6.74. The van der Waals surface area contributed by atoms with Crippen LogP contribution in [0.15, 0.2) is 170 Å². The Labute approximate surface area is 242 Å². The molecule has 41 heavy (non-hydrogen) atoms. The minimum atomic E-state index is -0.404. The van der Waals surface area contributed by atoms with Gasteiger partial charge in [0.15, 0.2) is 0 Å². The van der Waals surface area contributed by atoms with Crippen molar-refractivity contribution in [3.63, 3.8) is 0 Å². The molecule has 0 amide bonds. The quantitative estimate of drug-likeness (QED) is 0.195. The van der Waals surface area contributed by atoms with Crippen LogP contribution >= 0.6 is 0 Å². The van der Waals surface area contributed by atoms with Crippen LogP contribution in [0, 0.1) is 0 Å². The molecule has 0 radical (unpaired) electrons. The second kappa shape index (κ2) is 10.1. The molecule has 0 bridgehead atoms. The summed E-state index contributed by atoms with van der Waals surface area (Å²) in [4.78, 5) is 2.34. The number of nitrogens with zero attached hydrogens (tertiary/aromatic N) is 1. The summed E-state index contributed by atoms with van der Waals surface area (Å²) in [5.41, 5.74) is 10.6. The Balaban J connectivity index is 1.53. The van der Waals surface area contributed by atoms with E-state index in [0.717, 1.165) is 17.1 Å². The van der Waals surface area contributed by atoms with E-state index in [4.69, 9.17) is 0 Å². The molecule has 1 aliphatic carbocycles. The van der Waals surface area contributed by atoms with Gasteiger partial charge in [-0.25, -0.2) is 0 Å². The number of hydrogen-bond donors (Lipinski definition) is 0. The highest BCUT2D eigenvalue weighted by molar-refractivity contribution is 5.98. The van der Waals surface area contributed by atoms with Crippen molar-refractivity contribution in [1.29, 1.82) is 0 Å². The van der Waals surface area contributed by atoms with Crippen LogP contribution < -0.4 is 4.90 Å². The van der Waals surface area contributed by atoms with Gasteiger partial charge >= 0.3 is 0 Å². The summed E-state index contributed by atoms with van der Waals surface area (Å²) in [6, 6.07) is 52.9. The van der Waals surface area contributed by atoms with Crippen molar-refractivity contribution in [2.45, 2.75) is 12.3 Å². The summed E-state index contributed by atoms with van der Waals surface area (Å²) >= 11 is 0. The Morgan fingerprint density at radius 3 is 1.93 bits per heavy atom. The maximum absolute atomic E-state index is 4.18. The molecule has 6 aromatic carbocycles. The van der Waals surface area contributed by atoms with Gasteiger partial charge in [-0.3, -0.25) is 0 Å². The van der Waals surface area contributed by atoms with E-state index in [1.807, 2.05) is 6.08 Å². The lowest BCUT2D eigenvalue weighted by Gasteiger charge is -2.34. The molecule has 7 rings (SSSR count). The molecule has 0 heterocycles. The standard InChI is InChI=1S/C40H31N/c1-3-32(4-2)41(39-25-15-17-29-16-11-12-22-34(29)39)33-26-27-38-36(28-33)35-23-13-14-24-37(35)40(38,30-18-7-5-8-19-30)31-20-9-6-10-21-31/h3-28H,1H2,2H3/b32-4+. The summed E-state index contributed by atoms with van der Waals surface area (Å²) < 4.78 is 0. The molecular weight excluding hydrogens is 494 g/mol. The van der Waals surface area contributed by atoms with E-state index in [9.17, 15) is 0 Å². The predicted octanol–water partition coefficient (Wildman–Crippen LogP) is 10.4.